The Hall–Kier alpha value is -2.56. The third-order valence-electron chi connectivity index (χ3n) is 2.54. The highest BCUT2D eigenvalue weighted by atomic mass is 16.1. The van der Waals surface area contributed by atoms with Crippen LogP contribution in [0.3, 0.4) is 0 Å². The van der Waals surface area contributed by atoms with Gasteiger partial charge >= 0.3 is 0 Å². The number of nitrogens with zero attached hydrogens (tertiary/aromatic N) is 2. The summed E-state index contributed by atoms with van der Waals surface area (Å²) >= 11 is 0. The van der Waals surface area contributed by atoms with E-state index in [4.69, 9.17) is 5.73 Å². The number of aromatic nitrogens is 3. The summed E-state index contributed by atoms with van der Waals surface area (Å²) in [5.41, 5.74) is 7.80. The summed E-state index contributed by atoms with van der Waals surface area (Å²) < 4.78 is 1.70. The Morgan fingerprint density at radius 2 is 1.94 bits per heavy atom. The fourth-order valence-corrected chi connectivity index (χ4v) is 1.67. The van der Waals surface area contributed by atoms with E-state index >= 15 is 0 Å². The van der Waals surface area contributed by atoms with Crippen molar-refractivity contribution in [3.8, 4) is 11.4 Å². The van der Waals surface area contributed by atoms with Gasteiger partial charge in [-0.05, 0) is 24.3 Å². The molecule has 2 heterocycles. The van der Waals surface area contributed by atoms with Crippen molar-refractivity contribution in [1.29, 1.82) is 0 Å². The van der Waals surface area contributed by atoms with E-state index in [0.29, 0.717) is 17.2 Å². The van der Waals surface area contributed by atoms with E-state index in [1.54, 1.807) is 10.7 Å². The van der Waals surface area contributed by atoms with Crippen LogP contribution >= 0.6 is 0 Å². The van der Waals surface area contributed by atoms with Crippen LogP contribution in [0.4, 0.5) is 5.69 Å². The number of aromatic amines is 1. The topological polar surface area (TPSA) is 76.2 Å². The van der Waals surface area contributed by atoms with E-state index in [0.717, 1.165) is 5.56 Å². The molecule has 0 amide bonds. The fraction of sp³-hybridized carbons (Fsp3) is 0. The minimum Gasteiger partial charge on any atom is -0.399 e. The lowest BCUT2D eigenvalue weighted by Crippen LogP contribution is -1.98. The van der Waals surface area contributed by atoms with Crippen LogP contribution < -0.4 is 11.2 Å². The maximum absolute atomic E-state index is 11.2. The SMILES string of the molecule is Nc1ccc(-c2nc3cc(=O)ccn3[nH]2)cc1. The highest BCUT2D eigenvalue weighted by Crippen LogP contribution is 2.17. The van der Waals surface area contributed by atoms with Crippen molar-refractivity contribution in [3.63, 3.8) is 0 Å². The van der Waals surface area contributed by atoms with Crippen LogP contribution in [-0.2, 0) is 0 Å². The van der Waals surface area contributed by atoms with E-state index in [1.165, 1.54) is 12.1 Å². The molecule has 5 nitrogen and oxygen atoms in total. The molecule has 0 aliphatic carbocycles. The smallest absolute Gasteiger partial charge is 0.183 e. The molecule has 0 aliphatic heterocycles. The minimum absolute atomic E-state index is 0.0552. The monoisotopic (exact) mass is 226 g/mol. The Morgan fingerprint density at radius 1 is 1.18 bits per heavy atom. The summed E-state index contributed by atoms with van der Waals surface area (Å²) in [4.78, 5) is 15.5. The molecule has 0 spiro atoms. The van der Waals surface area contributed by atoms with Crippen LogP contribution in [0.1, 0.15) is 0 Å². The van der Waals surface area contributed by atoms with Gasteiger partial charge in [0.2, 0.25) is 0 Å². The van der Waals surface area contributed by atoms with Gasteiger partial charge in [0.25, 0.3) is 0 Å². The van der Waals surface area contributed by atoms with Gasteiger partial charge in [-0.3, -0.25) is 9.89 Å². The predicted molar refractivity (Wildman–Crippen MR) is 65.7 cm³/mol. The average Bonchev–Trinajstić information content (AvgIpc) is 2.72. The molecule has 0 aliphatic rings. The molecule has 3 N–H and O–H groups in total. The molecule has 5 heteroatoms. The zero-order chi connectivity index (χ0) is 11.8. The van der Waals surface area contributed by atoms with Crippen molar-refractivity contribution in [2.24, 2.45) is 0 Å². The number of hydrogen-bond acceptors (Lipinski definition) is 3. The Balaban J connectivity index is 2.17. The Bertz CT molecular complexity index is 724. The quantitative estimate of drug-likeness (QED) is 0.613. The molecule has 0 saturated heterocycles. The minimum atomic E-state index is -0.0552. The third kappa shape index (κ3) is 1.67. The average molecular weight is 226 g/mol. The Morgan fingerprint density at radius 3 is 2.71 bits per heavy atom. The highest BCUT2D eigenvalue weighted by molar-refractivity contribution is 5.60. The second-order valence-corrected chi connectivity index (χ2v) is 3.78. The highest BCUT2D eigenvalue weighted by Gasteiger charge is 2.04. The molecule has 3 aromatic rings. The molecule has 84 valence electrons. The molecule has 1 aromatic carbocycles. The number of nitrogen functional groups attached to an aromatic ring is 1. The molecule has 2 aromatic heterocycles. The molecule has 0 atom stereocenters. The predicted octanol–water partition coefficient (Wildman–Crippen LogP) is 1.27. The zero-order valence-corrected chi connectivity index (χ0v) is 8.92. The van der Waals surface area contributed by atoms with Gasteiger partial charge in [-0.25, -0.2) is 9.50 Å². The first-order chi connectivity index (χ1) is 8.22. The molecule has 0 unspecified atom stereocenters. The van der Waals surface area contributed by atoms with Crippen LogP contribution in [-0.4, -0.2) is 14.6 Å². The molecule has 17 heavy (non-hydrogen) atoms. The van der Waals surface area contributed by atoms with Crippen molar-refractivity contribution in [2.45, 2.75) is 0 Å². The molecule has 0 bridgehead atoms. The Kier molecular flexibility index (Phi) is 1.98. The summed E-state index contributed by atoms with van der Waals surface area (Å²) in [7, 11) is 0. The number of benzene rings is 1. The van der Waals surface area contributed by atoms with E-state index in [1.807, 2.05) is 24.3 Å². The molecule has 0 radical (unpaired) electrons. The van der Waals surface area contributed by atoms with Crippen molar-refractivity contribution < 1.29 is 0 Å². The number of H-pyrrole nitrogens is 1. The first-order valence-corrected chi connectivity index (χ1v) is 5.17. The van der Waals surface area contributed by atoms with Gasteiger partial charge in [-0.15, -0.1) is 0 Å². The maximum atomic E-state index is 11.2. The number of fused-ring (bicyclic) bond motifs is 1. The van der Waals surface area contributed by atoms with Gasteiger partial charge in [-0.1, -0.05) is 0 Å². The second-order valence-electron chi connectivity index (χ2n) is 3.78. The summed E-state index contributed by atoms with van der Waals surface area (Å²) in [6.45, 7) is 0. The molecule has 0 fully saturated rings. The van der Waals surface area contributed by atoms with E-state index in [2.05, 4.69) is 10.1 Å². The van der Waals surface area contributed by atoms with Crippen LogP contribution in [0, 0.1) is 0 Å². The summed E-state index contributed by atoms with van der Waals surface area (Å²) in [5, 5.41) is 3.08. The lowest BCUT2D eigenvalue weighted by Gasteiger charge is -1.96. The van der Waals surface area contributed by atoms with E-state index in [9.17, 15) is 4.79 Å². The van der Waals surface area contributed by atoms with Gasteiger partial charge in [0, 0.05) is 29.6 Å². The van der Waals surface area contributed by atoms with Gasteiger partial charge in [0.15, 0.2) is 16.9 Å². The second kappa shape index (κ2) is 3.48. The first-order valence-electron chi connectivity index (χ1n) is 5.17. The number of nitrogens with two attached hydrogens (primary N) is 1. The van der Waals surface area contributed by atoms with Crippen LogP contribution in [0.25, 0.3) is 17.0 Å². The molecular weight excluding hydrogens is 216 g/mol. The molecular formula is C12H10N4O. The maximum Gasteiger partial charge on any atom is 0.183 e. The van der Waals surface area contributed by atoms with Crippen molar-refractivity contribution in [2.75, 3.05) is 5.73 Å². The van der Waals surface area contributed by atoms with Crippen molar-refractivity contribution in [1.82, 2.24) is 14.6 Å². The molecule has 0 saturated carbocycles. The fourth-order valence-electron chi connectivity index (χ4n) is 1.67. The number of hydrogen-bond donors (Lipinski definition) is 2. The van der Waals surface area contributed by atoms with Gasteiger partial charge in [0.1, 0.15) is 0 Å². The number of pyridine rings is 1. The third-order valence-corrected chi connectivity index (χ3v) is 2.54. The number of rotatable bonds is 1. The Labute approximate surface area is 96.5 Å². The van der Waals surface area contributed by atoms with Gasteiger partial charge in [-0.2, -0.15) is 0 Å². The molecule has 3 rings (SSSR count). The zero-order valence-electron chi connectivity index (χ0n) is 8.92. The van der Waals surface area contributed by atoms with Gasteiger partial charge < -0.3 is 5.73 Å². The summed E-state index contributed by atoms with van der Waals surface area (Å²) in [6, 6.07) is 10.4. The van der Waals surface area contributed by atoms with Crippen LogP contribution in [0.5, 0.6) is 0 Å². The summed E-state index contributed by atoms with van der Waals surface area (Å²) in [5.74, 6) is 0.704. The lowest BCUT2D eigenvalue weighted by molar-refractivity contribution is 0.963. The normalized spacial score (nSPS) is 10.8. The van der Waals surface area contributed by atoms with Crippen molar-refractivity contribution in [3.05, 3.63) is 52.8 Å². The van der Waals surface area contributed by atoms with E-state index in [-0.39, 0.29) is 5.43 Å². The largest absolute Gasteiger partial charge is 0.399 e. The summed E-state index contributed by atoms with van der Waals surface area (Å²) in [6.07, 6.45) is 1.66. The van der Waals surface area contributed by atoms with E-state index < -0.39 is 0 Å². The number of anilines is 1. The number of nitrogens with one attached hydrogen (secondary N) is 1. The van der Waals surface area contributed by atoms with Gasteiger partial charge in [0.05, 0.1) is 0 Å². The standard InChI is InChI=1S/C12H10N4O/c13-9-3-1-8(2-4-9)12-14-11-7-10(17)5-6-16(11)15-12/h1-7H,13H2,(H,14,15). The van der Waals surface area contributed by atoms with Crippen LogP contribution in [0.2, 0.25) is 0 Å². The van der Waals surface area contributed by atoms with Crippen molar-refractivity contribution >= 4 is 11.3 Å². The lowest BCUT2D eigenvalue weighted by atomic mass is 10.2. The van der Waals surface area contributed by atoms with Crippen LogP contribution in [0.15, 0.2) is 47.4 Å². The first kappa shape index (κ1) is 9.65.